The third-order valence-corrected chi connectivity index (χ3v) is 4.29. The number of fused-ring (bicyclic) bond motifs is 1. The minimum atomic E-state index is 0.243. The van der Waals surface area contributed by atoms with Gasteiger partial charge in [-0.05, 0) is 30.5 Å². The monoisotopic (exact) mass is 285 g/mol. The number of hydrogen-bond donors (Lipinski definition) is 1. The lowest BCUT2D eigenvalue weighted by atomic mass is 10.1. The third kappa shape index (κ3) is 3.17. The van der Waals surface area contributed by atoms with Crippen LogP contribution in [0.3, 0.4) is 0 Å². The smallest absolute Gasteiger partial charge is 0.131 e. The number of allylic oxidation sites excluding steroid dienone is 1. The summed E-state index contributed by atoms with van der Waals surface area (Å²) in [5.41, 5.74) is 3.66. The molecule has 0 bridgehead atoms. The van der Waals surface area contributed by atoms with Crippen LogP contribution < -0.4 is 0 Å². The molecule has 0 radical (unpaired) electrons. The van der Waals surface area contributed by atoms with Crippen LogP contribution in [0.25, 0.3) is 0 Å². The summed E-state index contributed by atoms with van der Waals surface area (Å²) in [5.74, 6) is 1.11. The molecule has 4 heteroatoms. The molecular formula is C17H23N3O. The van der Waals surface area contributed by atoms with Crippen LogP contribution in [0.1, 0.15) is 12.5 Å². The molecule has 3 rings (SSSR count). The summed E-state index contributed by atoms with van der Waals surface area (Å²) < 4.78 is 0. The van der Waals surface area contributed by atoms with E-state index in [0.29, 0.717) is 0 Å². The van der Waals surface area contributed by atoms with Crippen molar-refractivity contribution in [1.82, 2.24) is 9.80 Å². The predicted octanol–water partition coefficient (Wildman–Crippen LogP) is 1.83. The molecule has 2 aliphatic rings. The molecule has 2 aliphatic heterocycles. The molecule has 1 saturated heterocycles. The Morgan fingerprint density at radius 2 is 1.90 bits per heavy atom. The van der Waals surface area contributed by atoms with Crippen molar-refractivity contribution in [2.24, 2.45) is 4.99 Å². The van der Waals surface area contributed by atoms with Crippen LogP contribution in [0.15, 0.2) is 40.9 Å². The molecule has 1 aromatic rings. The zero-order chi connectivity index (χ0) is 14.7. The Kier molecular flexibility index (Phi) is 4.36. The number of aliphatic hydroxyl groups is 1. The van der Waals surface area contributed by atoms with Crippen LogP contribution in [-0.2, 0) is 6.42 Å². The van der Waals surface area contributed by atoms with Crippen molar-refractivity contribution in [1.29, 1.82) is 0 Å². The number of benzene rings is 1. The van der Waals surface area contributed by atoms with E-state index in [-0.39, 0.29) is 6.61 Å². The topological polar surface area (TPSA) is 39.1 Å². The number of rotatable bonds is 2. The van der Waals surface area contributed by atoms with Gasteiger partial charge in [0.25, 0.3) is 0 Å². The highest BCUT2D eigenvalue weighted by atomic mass is 16.3. The van der Waals surface area contributed by atoms with Gasteiger partial charge in [-0.2, -0.15) is 0 Å². The van der Waals surface area contributed by atoms with Crippen molar-refractivity contribution in [3.63, 3.8) is 0 Å². The van der Waals surface area contributed by atoms with E-state index in [4.69, 9.17) is 10.1 Å². The van der Waals surface area contributed by atoms with Gasteiger partial charge in [0.1, 0.15) is 5.84 Å². The number of para-hydroxylation sites is 1. The maximum absolute atomic E-state index is 9.03. The second kappa shape index (κ2) is 6.41. The van der Waals surface area contributed by atoms with E-state index >= 15 is 0 Å². The van der Waals surface area contributed by atoms with Crippen molar-refractivity contribution in [2.75, 3.05) is 39.3 Å². The standard InChI is InChI=1S/C17H23N3O/c1-14-6-7-15-4-2-3-5-16(15)18-17(14)20-10-8-19(9-11-20)12-13-21/h2-6,21H,7-13H2,1H3. The Hall–Kier alpha value is -1.65. The van der Waals surface area contributed by atoms with Crippen molar-refractivity contribution in [3.8, 4) is 0 Å². The predicted molar refractivity (Wildman–Crippen MR) is 86.1 cm³/mol. The SMILES string of the molecule is CC1=CCc2ccccc2N=C1N1CCN(CCO)CC1. The number of hydrogen-bond acceptors (Lipinski definition) is 4. The average molecular weight is 285 g/mol. The average Bonchev–Trinajstić information content (AvgIpc) is 2.68. The Balaban J connectivity index is 1.79. The Bertz CT molecular complexity index is 557. The molecule has 21 heavy (non-hydrogen) atoms. The zero-order valence-corrected chi connectivity index (χ0v) is 12.6. The summed E-state index contributed by atoms with van der Waals surface area (Å²) in [4.78, 5) is 9.60. The maximum Gasteiger partial charge on any atom is 0.131 e. The Morgan fingerprint density at radius 1 is 1.14 bits per heavy atom. The molecule has 4 nitrogen and oxygen atoms in total. The van der Waals surface area contributed by atoms with Gasteiger partial charge < -0.3 is 10.0 Å². The van der Waals surface area contributed by atoms with Gasteiger partial charge in [0.2, 0.25) is 0 Å². The molecule has 1 N–H and O–H groups in total. The molecule has 0 spiro atoms. The first-order valence-electron chi connectivity index (χ1n) is 7.70. The first-order valence-corrected chi connectivity index (χ1v) is 7.70. The van der Waals surface area contributed by atoms with Crippen LogP contribution in [-0.4, -0.2) is 60.1 Å². The highest BCUT2D eigenvalue weighted by molar-refractivity contribution is 6.00. The van der Waals surface area contributed by atoms with E-state index in [1.807, 2.05) is 0 Å². The number of amidine groups is 1. The Labute approximate surface area is 126 Å². The van der Waals surface area contributed by atoms with Crippen LogP contribution >= 0.6 is 0 Å². The van der Waals surface area contributed by atoms with Crippen LogP contribution in [0, 0.1) is 0 Å². The number of nitrogens with zero attached hydrogens (tertiary/aromatic N) is 3. The van der Waals surface area contributed by atoms with Gasteiger partial charge in [-0.15, -0.1) is 0 Å². The summed E-state index contributed by atoms with van der Waals surface area (Å²) >= 11 is 0. The minimum Gasteiger partial charge on any atom is -0.395 e. The highest BCUT2D eigenvalue weighted by Gasteiger charge is 2.21. The second-order valence-corrected chi connectivity index (χ2v) is 5.71. The lowest BCUT2D eigenvalue weighted by Crippen LogP contribution is -2.49. The molecule has 1 aromatic carbocycles. The van der Waals surface area contributed by atoms with Gasteiger partial charge in [0.15, 0.2) is 0 Å². The van der Waals surface area contributed by atoms with Crippen molar-refractivity contribution in [2.45, 2.75) is 13.3 Å². The van der Waals surface area contributed by atoms with E-state index < -0.39 is 0 Å². The first kappa shape index (κ1) is 14.3. The number of piperazine rings is 1. The fourth-order valence-corrected chi connectivity index (χ4v) is 2.99. The summed E-state index contributed by atoms with van der Waals surface area (Å²) in [7, 11) is 0. The van der Waals surface area contributed by atoms with Crippen molar-refractivity contribution < 1.29 is 5.11 Å². The van der Waals surface area contributed by atoms with Crippen molar-refractivity contribution >= 4 is 11.5 Å². The molecule has 112 valence electrons. The van der Waals surface area contributed by atoms with Gasteiger partial charge in [-0.1, -0.05) is 24.3 Å². The van der Waals surface area contributed by atoms with E-state index in [1.54, 1.807) is 0 Å². The third-order valence-electron chi connectivity index (χ3n) is 4.29. The molecule has 0 aromatic heterocycles. The second-order valence-electron chi connectivity index (χ2n) is 5.71. The molecule has 2 heterocycles. The fraction of sp³-hybridized carbons (Fsp3) is 0.471. The molecule has 0 amide bonds. The Morgan fingerprint density at radius 3 is 2.67 bits per heavy atom. The number of aliphatic hydroxyl groups excluding tert-OH is 1. The molecule has 0 atom stereocenters. The van der Waals surface area contributed by atoms with E-state index in [9.17, 15) is 0 Å². The van der Waals surface area contributed by atoms with Crippen molar-refractivity contribution in [3.05, 3.63) is 41.5 Å². The fourth-order valence-electron chi connectivity index (χ4n) is 2.99. The lowest BCUT2D eigenvalue weighted by Gasteiger charge is -2.36. The van der Waals surface area contributed by atoms with Gasteiger partial charge >= 0.3 is 0 Å². The van der Waals surface area contributed by atoms with Gasteiger partial charge in [0.05, 0.1) is 12.3 Å². The van der Waals surface area contributed by atoms with Gasteiger partial charge in [-0.3, -0.25) is 4.90 Å². The van der Waals surface area contributed by atoms with Crippen LogP contribution in [0.2, 0.25) is 0 Å². The molecule has 1 fully saturated rings. The van der Waals surface area contributed by atoms with Gasteiger partial charge in [-0.25, -0.2) is 4.99 Å². The molecule has 0 aliphatic carbocycles. The molecular weight excluding hydrogens is 262 g/mol. The molecule has 0 unspecified atom stereocenters. The largest absolute Gasteiger partial charge is 0.395 e. The van der Waals surface area contributed by atoms with Crippen LogP contribution in [0.5, 0.6) is 0 Å². The summed E-state index contributed by atoms with van der Waals surface area (Å²) in [5, 5.41) is 9.03. The van der Waals surface area contributed by atoms with Gasteiger partial charge in [0, 0.05) is 32.7 Å². The lowest BCUT2D eigenvalue weighted by molar-refractivity contribution is 0.147. The summed E-state index contributed by atoms with van der Waals surface area (Å²) in [6.45, 7) is 7.12. The van der Waals surface area contributed by atoms with E-state index in [1.165, 1.54) is 11.1 Å². The zero-order valence-electron chi connectivity index (χ0n) is 12.6. The quantitative estimate of drug-likeness (QED) is 0.901. The minimum absolute atomic E-state index is 0.243. The molecule has 0 saturated carbocycles. The number of aliphatic imine (C=N–C) groups is 1. The normalized spacial score (nSPS) is 19.6. The first-order chi connectivity index (χ1) is 10.3. The summed E-state index contributed by atoms with van der Waals surface area (Å²) in [6.07, 6.45) is 3.24. The maximum atomic E-state index is 9.03. The highest BCUT2D eigenvalue weighted by Crippen LogP contribution is 2.25. The van der Waals surface area contributed by atoms with E-state index in [2.05, 4.69) is 47.1 Å². The van der Waals surface area contributed by atoms with E-state index in [0.717, 1.165) is 50.7 Å². The summed E-state index contributed by atoms with van der Waals surface area (Å²) in [6, 6.07) is 8.39. The van der Waals surface area contributed by atoms with Crippen LogP contribution in [0.4, 0.5) is 5.69 Å². The number of β-amino-alcohol motifs (C(OH)–C–C–N with tert-alkyl or cyclic N) is 1.